The molecule has 37 heavy (non-hydrogen) atoms. The molecule has 0 aliphatic rings. The number of aliphatic carboxylic acids is 1. The molecule has 10 nitrogen and oxygen atoms in total. The molecule has 0 saturated carbocycles. The van der Waals surface area contributed by atoms with E-state index in [2.05, 4.69) is 16.0 Å². The number of methoxy groups -OCH3 is 1. The molecule has 3 aromatic carbocycles. The molecule has 1 atom stereocenters. The SMILES string of the molecule is COc1ccccc1C(=O)NC[C@H](NC(=O)c1ccc(C(=O)NCc2cccc(O)c2)cc1Cl)C(=O)O. The lowest BCUT2D eigenvalue weighted by Crippen LogP contribution is -2.48. The number of amides is 3. The zero-order valence-electron chi connectivity index (χ0n) is 19.7. The average molecular weight is 526 g/mol. The van der Waals surface area contributed by atoms with Gasteiger partial charge < -0.3 is 30.9 Å². The summed E-state index contributed by atoms with van der Waals surface area (Å²) in [6, 6.07) is 15.3. The van der Waals surface area contributed by atoms with Crippen LogP contribution < -0.4 is 20.7 Å². The van der Waals surface area contributed by atoms with Gasteiger partial charge in [0.1, 0.15) is 17.5 Å². The average Bonchev–Trinajstić information content (AvgIpc) is 2.89. The maximum absolute atomic E-state index is 12.7. The number of carboxylic acid groups (broad SMARTS) is 1. The molecular weight excluding hydrogens is 502 g/mol. The van der Waals surface area contributed by atoms with E-state index in [-0.39, 0.29) is 34.0 Å². The number of nitrogens with one attached hydrogen (secondary N) is 3. The van der Waals surface area contributed by atoms with Gasteiger partial charge in [0, 0.05) is 18.7 Å². The van der Waals surface area contributed by atoms with E-state index < -0.39 is 36.3 Å². The Hall–Kier alpha value is -4.57. The maximum atomic E-state index is 12.7. The van der Waals surface area contributed by atoms with Gasteiger partial charge in [-0.3, -0.25) is 14.4 Å². The molecule has 0 saturated heterocycles. The lowest BCUT2D eigenvalue weighted by molar-refractivity contribution is -0.139. The number of carbonyl (C=O) groups is 4. The highest BCUT2D eigenvalue weighted by molar-refractivity contribution is 6.34. The van der Waals surface area contributed by atoms with Crippen LogP contribution in [0.4, 0.5) is 0 Å². The number of aromatic hydroxyl groups is 1. The molecule has 0 heterocycles. The second-order valence-electron chi connectivity index (χ2n) is 7.82. The van der Waals surface area contributed by atoms with E-state index >= 15 is 0 Å². The van der Waals surface area contributed by atoms with E-state index in [4.69, 9.17) is 16.3 Å². The third-order valence-corrected chi connectivity index (χ3v) is 5.57. The summed E-state index contributed by atoms with van der Waals surface area (Å²) >= 11 is 6.21. The van der Waals surface area contributed by atoms with Crippen LogP contribution in [0.1, 0.15) is 36.6 Å². The number of halogens is 1. The summed E-state index contributed by atoms with van der Waals surface area (Å²) in [5.41, 5.74) is 1.03. The van der Waals surface area contributed by atoms with Crippen molar-refractivity contribution in [2.24, 2.45) is 0 Å². The van der Waals surface area contributed by atoms with Gasteiger partial charge in [-0.05, 0) is 48.0 Å². The zero-order valence-corrected chi connectivity index (χ0v) is 20.4. The molecule has 11 heteroatoms. The summed E-state index contributed by atoms with van der Waals surface area (Å²) in [6.07, 6.45) is 0. The molecule has 3 aromatic rings. The number of para-hydroxylation sites is 1. The lowest BCUT2D eigenvalue weighted by atomic mass is 10.1. The molecule has 0 radical (unpaired) electrons. The van der Waals surface area contributed by atoms with Gasteiger partial charge in [-0.1, -0.05) is 35.9 Å². The van der Waals surface area contributed by atoms with Gasteiger partial charge in [0.2, 0.25) is 0 Å². The van der Waals surface area contributed by atoms with Crippen LogP contribution >= 0.6 is 11.6 Å². The fourth-order valence-electron chi connectivity index (χ4n) is 3.35. The highest BCUT2D eigenvalue weighted by atomic mass is 35.5. The Kier molecular flexibility index (Phi) is 9.06. The van der Waals surface area contributed by atoms with Crippen molar-refractivity contribution in [2.45, 2.75) is 12.6 Å². The Bertz CT molecular complexity index is 1330. The van der Waals surface area contributed by atoms with E-state index in [1.54, 1.807) is 30.3 Å². The Morgan fingerprint density at radius 2 is 1.65 bits per heavy atom. The minimum Gasteiger partial charge on any atom is -0.508 e. The second-order valence-corrected chi connectivity index (χ2v) is 8.23. The van der Waals surface area contributed by atoms with Crippen molar-refractivity contribution in [3.05, 3.63) is 94.0 Å². The standard InChI is InChI=1S/C26H24ClN3O7/c1-37-22-8-3-2-7-19(22)24(33)29-14-21(26(35)36)30-25(34)18-10-9-16(12-20(18)27)23(32)28-13-15-5-4-6-17(31)11-15/h2-12,21,31H,13-14H2,1H3,(H,28,32)(H,29,33)(H,30,34)(H,35,36)/t21-/m0/s1. The molecule has 0 fully saturated rings. The van der Waals surface area contributed by atoms with Gasteiger partial charge in [-0.2, -0.15) is 0 Å². The maximum Gasteiger partial charge on any atom is 0.328 e. The number of rotatable bonds is 10. The number of benzene rings is 3. The normalized spacial score (nSPS) is 11.2. The van der Waals surface area contributed by atoms with Crippen LogP contribution in [0, 0.1) is 0 Å². The molecule has 192 valence electrons. The highest BCUT2D eigenvalue weighted by Crippen LogP contribution is 2.19. The molecule has 5 N–H and O–H groups in total. The molecule has 3 amide bonds. The molecule has 0 aromatic heterocycles. The lowest BCUT2D eigenvalue weighted by Gasteiger charge is -2.17. The van der Waals surface area contributed by atoms with Crippen LogP contribution in [-0.2, 0) is 11.3 Å². The van der Waals surface area contributed by atoms with Crippen molar-refractivity contribution >= 4 is 35.3 Å². The van der Waals surface area contributed by atoms with Gasteiger partial charge >= 0.3 is 5.97 Å². The van der Waals surface area contributed by atoms with Crippen molar-refractivity contribution in [3.8, 4) is 11.5 Å². The second kappa shape index (κ2) is 12.4. The summed E-state index contributed by atoms with van der Waals surface area (Å²) in [5.74, 6) is -2.81. The molecule has 0 aliphatic heterocycles. The first-order chi connectivity index (χ1) is 17.7. The number of carbonyl (C=O) groups excluding carboxylic acids is 3. The number of hydrogen-bond donors (Lipinski definition) is 5. The van der Waals surface area contributed by atoms with Gasteiger partial charge in [-0.25, -0.2) is 4.79 Å². The Morgan fingerprint density at radius 1 is 0.892 bits per heavy atom. The van der Waals surface area contributed by atoms with Crippen LogP contribution in [0.25, 0.3) is 0 Å². The first-order valence-electron chi connectivity index (χ1n) is 11.0. The first-order valence-corrected chi connectivity index (χ1v) is 11.4. The van der Waals surface area contributed by atoms with Crippen LogP contribution in [0.2, 0.25) is 5.02 Å². The fraction of sp³-hybridized carbons (Fsp3) is 0.154. The predicted molar refractivity (Wildman–Crippen MR) is 135 cm³/mol. The highest BCUT2D eigenvalue weighted by Gasteiger charge is 2.24. The van der Waals surface area contributed by atoms with Crippen LogP contribution in [0.5, 0.6) is 11.5 Å². The van der Waals surface area contributed by atoms with Gasteiger partial charge in [0.15, 0.2) is 0 Å². The summed E-state index contributed by atoms with van der Waals surface area (Å²) in [4.78, 5) is 49.3. The first kappa shape index (κ1) is 27.0. The molecule has 0 bridgehead atoms. The number of phenolic OH excluding ortho intramolecular Hbond substituents is 1. The Labute approximate surface area is 217 Å². The summed E-state index contributed by atoms with van der Waals surface area (Å²) < 4.78 is 5.13. The van der Waals surface area contributed by atoms with Crippen molar-refractivity contribution in [1.29, 1.82) is 0 Å². The summed E-state index contributed by atoms with van der Waals surface area (Å²) in [7, 11) is 1.40. The largest absolute Gasteiger partial charge is 0.508 e. The Morgan fingerprint density at radius 3 is 2.32 bits per heavy atom. The molecule has 0 spiro atoms. The third kappa shape index (κ3) is 7.21. The minimum atomic E-state index is -1.45. The van der Waals surface area contributed by atoms with E-state index in [1.807, 2.05) is 0 Å². The number of hydrogen-bond acceptors (Lipinski definition) is 6. The smallest absolute Gasteiger partial charge is 0.328 e. The Balaban J connectivity index is 1.62. The zero-order chi connectivity index (χ0) is 26.9. The van der Waals surface area contributed by atoms with Crippen molar-refractivity contribution in [3.63, 3.8) is 0 Å². The molecule has 0 unspecified atom stereocenters. The van der Waals surface area contributed by atoms with E-state index in [1.165, 1.54) is 43.5 Å². The van der Waals surface area contributed by atoms with Crippen molar-refractivity contribution < 1.29 is 34.1 Å². The number of phenols is 1. The summed E-state index contributed by atoms with van der Waals surface area (Å²) in [5, 5.41) is 26.4. The molecular formula is C26H24ClN3O7. The molecule has 0 aliphatic carbocycles. The van der Waals surface area contributed by atoms with Crippen LogP contribution in [0.15, 0.2) is 66.7 Å². The van der Waals surface area contributed by atoms with Crippen LogP contribution in [-0.4, -0.2) is 53.6 Å². The van der Waals surface area contributed by atoms with Crippen LogP contribution in [0.3, 0.4) is 0 Å². The van der Waals surface area contributed by atoms with Gasteiger partial charge in [-0.15, -0.1) is 0 Å². The fourth-order valence-corrected chi connectivity index (χ4v) is 3.62. The van der Waals surface area contributed by atoms with E-state index in [0.717, 1.165) is 0 Å². The molecule has 3 rings (SSSR count). The third-order valence-electron chi connectivity index (χ3n) is 5.26. The summed E-state index contributed by atoms with van der Waals surface area (Å²) in [6.45, 7) is -0.237. The van der Waals surface area contributed by atoms with Crippen molar-refractivity contribution in [1.82, 2.24) is 16.0 Å². The van der Waals surface area contributed by atoms with E-state index in [9.17, 15) is 29.4 Å². The topological polar surface area (TPSA) is 154 Å². The van der Waals surface area contributed by atoms with E-state index in [0.29, 0.717) is 11.3 Å². The van der Waals surface area contributed by atoms with Gasteiger partial charge in [0.25, 0.3) is 17.7 Å². The number of carboxylic acids is 1. The minimum absolute atomic E-state index is 0.0477. The predicted octanol–water partition coefficient (Wildman–Crippen LogP) is 2.60. The number of ether oxygens (including phenoxy) is 1. The monoisotopic (exact) mass is 525 g/mol. The van der Waals surface area contributed by atoms with Crippen molar-refractivity contribution in [2.75, 3.05) is 13.7 Å². The quantitative estimate of drug-likeness (QED) is 0.272. The van der Waals surface area contributed by atoms with Gasteiger partial charge in [0.05, 0.1) is 23.3 Å².